The van der Waals surface area contributed by atoms with Gasteiger partial charge in [0.25, 0.3) is 5.22 Å². The van der Waals surface area contributed by atoms with Gasteiger partial charge in [0.1, 0.15) is 11.3 Å². The molecule has 0 radical (unpaired) electrons. The normalized spacial score (nSPS) is 14.7. The second kappa shape index (κ2) is 4.89. The highest BCUT2D eigenvalue weighted by Gasteiger charge is 2.22. The molecule has 0 unspecified atom stereocenters. The van der Waals surface area contributed by atoms with Gasteiger partial charge in [0.2, 0.25) is 5.88 Å². The third-order valence-electron chi connectivity index (χ3n) is 2.62. The number of rotatable bonds is 5. The number of ether oxygens (including phenoxy) is 1. The van der Waals surface area contributed by atoms with Crippen molar-refractivity contribution in [1.82, 2.24) is 9.97 Å². The van der Waals surface area contributed by atoms with Crippen LogP contribution >= 0.6 is 11.8 Å². The van der Waals surface area contributed by atoms with Gasteiger partial charge in [0.15, 0.2) is 0 Å². The summed E-state index contributed by atoms with van der Waals surface area (Å²) in [6, 6.07) is 3.62. The number of oxazole rings is 1. The Bertz CT molecular complexity index is 526. The van der Waals surface area contributed by atoms with Crippen molar-refractivity contribution in [1.29, 1.82) is 0 Å². The van der Waals surface area contributed by atoms with Crippen LogP contribution in [-0.2, 0) is 0 Å². The third-order valence-corrected chi connectivity index (χ3v) is 3.43. The molecule has 1 aliphatic rings. The van der Waals surface area contributed by atoms with Gasteiger partial charge < -0.3 is 14.9 Å². The predicted molar refractivity (Wildman–Crippen MR) is 67.5 cm³/mol. The standard InChI is InChI=1S/C12H13N3O2S/c13-9-3-4-10(18-12-14-5-6-16-12)15-11(9)17-7-8-1-2-8/h3-6,8H,1-2,7,13H2. The van der Waals surface area contributed by atoms with Gasteiger partial charge in [0.05, 0.1) is 18.5 Å². The summed E-state index contributed by atoms with van der Waals surface area (Å²) in [5, 5.41) is 1.32. The van der Waals surface area contributed by atoms with Crippen molar-refractivity contribution in [2.75, 3.05) is 12.3 Å². The zero-order valence-electron chi connectivity index (χ0n) is 9.70. The highest BCUT2D eigenvalue weighted by atomic mass is 32.2. The lowest BCUT2D eigenvalue weighted by Gasteiger charge is -2.08. The van der Waals surface area contributed by atoms with Gasteiger partial charge in [-0.2, -0.15) is 0 Å². The number of aromatic nitrogens is 2. The van der Waals surface area contributed by atoms with E-state index in [0.717, 1.165) is 5.03 Å². The van der Waals surface area contributed by atoms with Crippen molar-refractivity contribution >= 4 is 17.4 Å². The summed E-state index contributed by atoms with van der Waals surface area (Å²) < 4.78 is 10.8. The molecule has 0 bridgehead atoms. The number of pyridine rings is 1. The molecule has 5 nitrogen and oxygen atoms in total. The van der Waals surface area contributed by atoms with E-state index >= 15 is 0 Å². The molecule has 0 aromatic carbocycles. The fourth-order valence-corrected chi connectivity index (χ4v) is 2.10. The smallest absolute Gasteiger partial charge is 0.261 e. The van der Waals surface area contributed by atoms with Gasteiger partial charge in [0, 0.05) is 0 Å². The number of nitrogens with two attached hydrogens (primary N) is 1. The molecular weight excluding hydrogens is 250 g/mol. The monoisotopic (exact) mass is 263 g/mol. The van der Waals surface area contributed by atoms with Crippen LogP contribution in [-0.4, -0.2) is 16.6 Å². The van der Waals surface area contributed by atoms with Crippen LogP contribution in [0.5, 0.6) is 5.88 Å². The van der Waals surface area contributed by atoms with E-state index in [1.54, 1.807) is 12.3 Å². The van der Waals surface area contributed by atoms with Gasteiger partial charge >= 0.3 is 0 Å². The number of hydrogen-bond donors (Lipinski definition) is 1. The summed E-state index contributed by atoms with van der Waals surface area (Å²) in [4.78, 5) is 8.39. The molecule has 2 aromatic heterocycles. The van der Waals surface area contributed by atoms with Crippen molar-refractivity contribution in [2.24, 2.45) is 5.92 Å². The van der Waals surface area contributed by atoms with Gasteiger partial charge in [-0.05, 0) is 42.7 Å². The van der Waals surface area contributed by atoms with Crippen LogP contribution < -0.4 is 10.5 Å². The summed E-state index contributed by atoms with van der Waals surface area (Å²) in [5.41, 5.74) is 6.40. The maximum absolute atomic E-state index is 5.83. The molecule has 0 saturated heterocycles. The quantitative estimate of drug-likeness (QED) is 0.893. The number of anilines is 1. The van der Waals surface area contributed by atoms with E-state index in [0.29, 0.717) is 29.3 Å². The molecule has 2 N–H and O–H groups in total. The first-order chi connectivity index (χ1) is 8.81. The molecule has 6 heteroatoms. The number of hydrogen-bond acceptors (Lipinski definition) is 6. The number of nitrogen functional groups attached to an aromatic ring is 1. The van der Waals surface area contributed by atoms with Crippen LogP contribution in [0.3, 0.4) is 0 Å². The minimum Gasteiger partial charge on any atom is -0.476 e. The van der Waals surface area contributed by atoms with Gasteiger partial charge in [-0.25, -0.2) is 9.97 Å². The van der Waals surface area contributed by atoms with Crippen LogP contribution in [0.15, 0.2) is 39.3 Å². The zero-order valence-corrected chi connectivity index (χ0v) is 10.5. The molecule has 1 aliphatic carbocycles. The lowest BCUT2D eigenvalue weighted by molar-refractivity contribution is 0.288. The van der Waals surface area contributed by atoms with E-state index in [4.69, 9.17) is 14.9 Å². The second-order valence-electron chi connectivity index (χ2n) is 4.20. The molecule has 94 valence electrons. The molecule has 18 heavy (non-hydrogen) atoms. The Hall–Kier alpha value is -1.69. The predicted octanol–water partition coefficient (Wildman–Crippen LogP) is 2.59. The zero-order chi connectivity index (χ0) is 12.4. The maximum atomic E-state index is 5.83. The first-order valence-corrected chi connectivity index (χ1v) is 6.59. The summed E-state index contributed by atoms with van der Waals surface area (Å²) >= 11 is 1.34. The topological polar surface area (TPSA) is 74.2 Å². The van der Waals surface area contributed by atoms with Gasteiger partial charge in [-0.3, -0.25) is 0 Å². The highest BCUT2D eigenvalue weighted by Crippen LogP contribution is 2.32. The molecule has 0 atom stereocenters. The lowest BCUT2D eigenvalue weighted by Crippen LogP contribution is -2.04. The molecule has 0 spiro atoms. The minimum atomic E-state index is 0.499. The van der Waals surface area contributed by atoms with E-state index in [1.165, 1.54) is 30.9 Å². The molecule has 0 amide bonds. The SMILES string of the molecule is Nc1ccc(Sc2ncco2)nc1OCC1CC1. The second-order valence-corrected chi connectivity index (χ2v) is 5.17. The van der Waals surface area contributed by atoms with Crippen LogP contribution in [0.1, 0.15) is 12.8 Å². The van der Waals surface area contributed by atoms with Crippen molar-refractivity contribution in [3.63, 3.8) is 0 Å². The first-order valence-electron chi connectivity index (χ1n) is 5.78. The number of nitrogens with zero attached hydrogens (tertiary/aromatic N) is 2. The Morgan fingerprint density at radius 1 is 1.44 bits per heavy atom. The van der Waals surface area contributed by atoms with E-state index in [-0.39, 0.29) is 0 Å². The summed E-state index contributed by atoms with van der Waals surface area (Å²) in [5.74, 6) is 1.17. The molecule has 2 heterocycles. The minimum absolute atomic E-state index is 0.499. The van der Waals surface area contributed by atoms with E-state index < -0.39 is 0 Å². The molecule has 1 fully saturated rings. The van der Waals surface area contributed by atoms with Gasteiger partial charge in [-0.15, -0.1) is 0 Å². The Labute approximate surface area is 109 Å². The third kappa shape index (κ3) is 2.76. The van der Waals surface area contributed by atoms with Crippen LogP contribution in [0.4, 0.5) is 5.69 Å². The van der Waals surface area contributed by atoms with E-state index in [2.05, 4.69) is 9.97 Å². The van der Waals surface area contributed by atoms with E-state index in [1.807, 2.05) is 6.07 Å². The van der Waals surface area contributed by atoms with Crippen LogP contribution in [0, 0.1) is 5.92 Å². The summed E-state index contributed by atoms with van der Waals surface area (Å²) in [6.07, 6.45) is 5.61. The molecule has 1 saturated carbocycles. The summed E-state index contributed by atoms with van der Waals surface area (Å²) in [7, 11) is 0. The Morgan fingerprint density at radius 3 is 3.06 bits per heavy atom. The maximum Gasteiger partial charge on any atom is 0.261 e. The fourth-order valence-electron chi connectivity index (χ4n) is 1.44. The van der Waals surface area contributed by atoms with Crippen molar-refractivity contribution < 1.29 is 9.15 Å². The van der Waals surface area contributed by atoms with Crippen molar-refractivity contribution in [3.8, 4) is 5.88 Å². The van der Waals surface area contributed by atoms with Crippen molar-refractivity contribution in [2.45, 2.75) is 23.1 Å². The largest absolute Gasteiger partial charge is 0.476 e. The molecule has 0 aliphatic heterocycles. The Kier molecular flexibility index (Phi) is 3.10. The average molecular weight is 263 g/mol. The molecule has 3 rings (SSSR count). The highest BCUT2D eigenvalue weighted by molar-refractivity contribution is 7.99. The van der Waals surface area contributed by atoms with Crippen molar-refractivity contribution in [3.05, 3.63) is 24.6 Å². The lowest BCUT2D eigenvalue weighted by atomic mass is 10.4. The van der Waals surface area contributed by atoms with Crippen LogP contribution in [0.2, 0.25) is 0 Å². The Morgan fingerprint density at radius 2 is 2.33 bits per heavy atom. The Balaban J connectivity index is 1.72. The fraction of sp³-hybridized carbons (Fsp3) is 0.333. The summed E-state index contributed by atoms with van der Waals surface area (Å²) in [6.45, 7) is 0.699. The first kappa shape index (κ1) is 11.4. The van der Waals surface area contributed by atoms with Crippen LogP contribution in [0.25, 0.3) is 0 Å². The molecular formula is C12H13N3O2S. The van der Waals surface area contributed by atoms with E-state index in [9.17, 15) is 0 Å². The average Bonchev–Trinajstić information content (AvgIpc) is 3.07. The van der Waals surface area contributed by atoms with Gasteiger partial charge in [-0.1, -0.05) is 0 Å². The molecule has 2 aromatic rings.